The summed E-state index contributed by atoms with van der Waals surface area (Å²) in [5.74, 6) is 1.26. The molecule has 2 aromatic rings. The third-order valence-corrected chi connectivity index (χ3v) is 3.38. The number of aliphatic imine (C=N–C) groups is 1. The van der Waals surface area contributed by atoms with Crippen LogP contribution in [-0.2, 0) is 6.54 Å². The van der Waals surface area contributed by atoms with Crippen molar-refractivity contribution in [2.75, 3.05) is 6.54 Å². The molecule has 1 heterocycles. The Labute approximate surface area is 154 Å². The van der Waals surface area contributed by atoms with E-state index < -0.39 is 0 Å². The van der Waals surface area contributed by atoms with E-state index in [1.165, 1.54) is 25.6 Å². The molecule has 0 atom stereocenters. The summed E-state index contributed by atoms with van der Waals surface area (Å²) in [5.41, 5.74) is 7.96. The predicted molar refractivity (Wildman–Crippen MR) is 105 cm³/mol. The van der Waals surface area contributed by atoms with Crippen molar-refractivity contribution >= 4 is 29.9 Å². The van der Waals surface area contributed by atoms with Crippen molar-refractivity contribution in [2.45, 2.75) is 39.2 Å². The van der Waals surface area contributed by atoms with Crippen molar-refractivity contribution in [1.29, 1.82) is 0 Å². The normalized spacial score (nSPS) is 11.1. The summed E-state index contributed by atoms with van der Waals surface area (Å²) in [6, 6.07) is 8.04. The van der Waals surface area contributed by atoms with Gasteiger partial charge >= 0.3 is 0 Å². The fourth-order valence-electron chi connectivity index (χ4n) is 2.16. The molecule has 6 nitrogen and oxygen atoms in total. The highest BCUT2D eigenvalue weighted by Gasteiger charge is 2.01. The van der Waals surface area contributed by atoms with E-state index in [1.807, 2.05) is 24.3 Å². The molecule has 23 heavy (non-hydrogen) atoms. The van der Waals surface area contributed by atoms with Crippen molar-refractivity contribution in [3.05, 3.63) is 36.2 Å². The first-order valence-corrected chi connectivity index (χ1v) is 7.78. The Morgan fingerprint density at radius 2 is 2.17 bits per heavy atom. The summed E-state index contributed by atoms with van der Waals surface area (Å²) >= 11 is 0. The second-order valence-corrected chi connectivity index (χ2v) is 5.22. The van der Waals surface area contributed by atoms with E-state index >= 15 is 0 Å². The van der Waals surface area contributed by atoms with Gasteiger partial charge in [-0.05, 0) is 18.1 Å². The number of hydrogen-bond acceptors (Lipinski definition) is 3. The molecule has 0 aliphatic rings. The summed E-state index contributed by atoms with van der Waals surface area (Å²) in [6.07, 6.45) is 6.37. The Balaban J connectivity index is 0.00000264. The zero-order valence-corrected chi connectivity index (χ0v) is 15.8. The molecule has 4 N–H and O–H groups in total. The Morgan fingerprint density at radius 1 is 1.30 bits per heavy atom. The summed E-state index contributed by atoms with van der Waals surface area (Å²) in [6.45, 7) is 3.64. The first-order chi connectivity index (χ1) is 10.8. The highest BCUT2D eigenvalue weighted by atomic mass is 127. The van der Waals surface area contributed by atoms with Crippen molar-refractivity contribution in [3.63, 3.8) is 0 Å². The van der Waals surface area contributed by atoms with E-state index in [2.05, 4.69) is 32.4 Å². The first-order valence-electron chi connectivity index (χ1n) is 7.78. The van der Waals surface area contributed by atoms with Crippen molar-refractivity contribution in [1.82, 2.24) is 20.5 Å². The fraction of sp³-hybridized carbons (Fsp3) is 0.438. The van der Waals surface area contributed by atoms with Crippen LogP contribution in [0.1, 0.15) is 38.2 Å². The van der Waals surface area contributed by atoms with E-state index in [1.54, 1.807) is 0 Å². The summed E-state index contributed by atoms with van der Waals surface area (Å²) < 4.78 is 0. The molecule has 0 amide bonds. The van der Waals surface area contributed by atoms with E-state index in [4.69, 9.17) is 5.73 Å². The quantitative estimate of drug-likeness (QED) is 0.261. The molecule has 0 saturated heterocycles. The number of H-pyrrole nitrogens is 1. The maximum atomic E-state index is 5.88. The highest BCUT2D eigenvalue weighted by molar-refractivity contribution is 14.0. The highest BCUT2D eigenvalue weighted by Crippen LogP contribution is 2.15. The van der Waals surface area contributed by atoms with Gasteiger partial charge in [-0.2, -0.15) is 5.10 Å². The summed E-state index contributed by atoms with van der Waals surface area (Å²) in [5, 5.41) is 9.87. The third-order valence-electron chi connectivity index (χ3n) is 3.38. The fourth-order valence-corrected chi connectivity index (χ4v) is 2.16. The molecule has 0 aliphatic carbocycles. The van der Waals surface area contributed by atoms with Crippen LogP contribution in [0.15, 0.2) is 35.6 Å². The lowest BCUT2D eigenvalue weighted by Crippen LogP contribution is -2.32. The maximum absolute atomic E-state index is 5.88. The monoisotopic (exact) mass is 428 g/mol. The first kappa shape index (κ1) is 19.4. The molecule has 0 spiro atoms. The smallest absolute Gasteiger partial charge is 0.188 e. The molecule has 0 saturated carbocycles. The standard InChI is InChI=1S/C16H24N6.HI/c1-2-3-4-5-9-18-16(17)19-11-13-7-6-8-14(10-13)15-20-12-21-22-15;/h6-8,10,12H,2-5,9,11H2,1H3,(H3,17,18,19)(H,20,21,22);1H. The van der Waals surface area contributed by atoms with Gasteiger partial charge in [-0.1, -0.05) is 44.4 Å². The number of rotatable bonds is 8. The second kappa shape index (κ2) is 11.0. The summed E-state index contributed by atoms with van der Waals surface area (Å²) in [4.78, 5) is 8.52. The van der Waals surface area contributed by atoms with Gasteiger partial charge in [-0.25, -0.2) is 9.98 Å². The van der Waals surface area contributed by atoms with Crippen LogP contribution in [0.25, 0.3) is 11.4 Å². The van der Waals surface area contributed by atoms with Gasteiger partial charge in [-0.3, -0.25) is 5.10 Å². The molecule has 0 unspecified atom stereocenters. The Bertz CT molecular complexity index is 582. The molecule has 2 rings (SSSR count). The van der Waals surface area contributed by atoms with Gasteiger partial charge in [0.05, 0.1) is 6.54 Å². The number of halogens is 1. The van der Waals surface area contributed by atoms with E-state index in [0.29, 0.717) is 12.5 Å². The Hall–Kier alpha value is -1.64. The van der Waals surface area contributed by atoms with Crippen LogP contribution in [-0.4, -0.2) is 27.7 Å². The van der Waals surface area contributed by atoms with Crippen molar-refractivity contribution in [3.8, 4) is 11.4 Å². The number of nitrogens with zero attached hydrogens (tertiary/aromatic N) is 3. The molecule has 0 fully saturated rings. The van der Waals surface area contributed by atoms with E-state index in [0.717, 1.165) is 29.9 Å². The number of nitrogens with one attached hydrogen (secondary N) is 2. The minimum Gasteiger partial charge on any atom is -0.370 e. The molecule has 0 radical (unpaired) electrons. The maximum Gasteiger partial charge on any atom is 0.188 e. The van der Waals surface area contributed by atoms with Crippen molar-refractivity contribution < 1.29 is 0 Å². The van der Waals surface area contributed by atoms with Crippen LogP contribution in [0.3, 0.4) is 0 Å². The average molecular weight is 428 g/mol. The molecule has 126 valence electrons. The predicted octanol–water partition coefficient (Wildman–Crippen LogP) is 3.07. The van der Waals surface area contributed by atoms with Crippen LogP contribution >= 0.6 is 24.0 Å². The van der Waals surface area contributed by atoms with Crippen LogP contribution in [0, 0.1) is 0 Å². The Morgan fingerprint density at radius 3 is 2.91 bits per heavy atom. The zero-order chi connectivity index (χ0) is 15.6. The average Bonchev–Trinajstić information content (AvgIpc) is 3.07. The lowest BCUT2D eigenvalue weighted by molar-refractivity contribution is 0.652. The number of guanidine groups is 1. The largest absolute Gasteiger partial charge is 0.370 e. The topological polar surface area (TPSA) is 92.0 Å². The van der Waals surface area contributed by atoms with Crippen molar-refractivity contribution in [2.24, 2.45) is 10.7 Å². The van der Waals surface area contributed by atoms with Crippen LogP contribution in [0.4, 0.5) is 0 Å². The SMILES string of the molecule is CCCCCCNC(N)=NCc1cccc(-c2ncn[nH]2)c1.I. The van der Waals surface area contributed by atoms with Gasteiger partial charge in [0.15, 0.2) is 11.8 Å². The van der Waals surface area contributed by atoms with E-state index in [-0.39, 0.29) is 24.0 Å². The van der Waals surface area contributed by atoms with Crippen LogP contribution in [0.2, 0.25) is 0 Å². The summed E-state index contributed by atoms with van der Waals surface area (Å²) in [7, 11) is 0. The number of benzene rings is 1. The van der Waals surface area contributed by atoms with E-state index in [9.17, 15) is 0 Å². The lowest BCUT2D eigenvalue weighted by Gasteiger charge is -2.06. The molecule has 7 heteroatoms. The molecule has 0 aliphatic heterocycles. The molecular weight excluding hydrogens is 403 g/mol. The zero-order valence-electron chi connectivity index (χ0n) is 13.5. The van der Waals surface area contributed by atoms with Gasteiger partial charge in [0, 0.05) is 12.1 Å². The molecular formula is C16H25IN6. The second-order valence-electron chi connectivity index (χ2n) is 5.22. The number of hydrogen-bond donors (Lipinski definition) is 3. The van der Waals surface area contributed by atoms with Gasteiger partial charge < -0.3 is 11.1 Å². The number of aromatic nitrogens is 3. The third kappa shape index (κ3) is 6.98. The number of unbranched alkanes of at least 4 members (excludes halogenated alkanes) is 3. The van der Waals surface area contributed by atoms with Gasteiger partial charge in [-0.15, -0.1) is 24.0 Å². The van der Waals surface area contributed by atoms with Gasteiger partial charge in [0.2, 0.25) is 0 Å². The molecule has 0 bridgehead atoms. The molecule has 1 aromatic heterocycles. The molecule has 1 aromatic carbocycles. The van der Waals surface area contributed by atoms with Gasteiger partial charge in [0.25, 0.3) is 0 Å². The van der Waals surface area contributed by atoms with Gasteiger partial charge in [0.1, 0.15) is 6.33 Å². The van der Waals surface area contributed by atoms with Crippen LogP contribution < -0.4 is 11.1 Å². The lowest BCUT2D eigenvalue weighted by atomic mass is 10.1. The Kier molecular flexibility index (Phi) is 9.27. The van der Waals surface area contributed by atoms with Crippen LogP contribution in [0.5, 0.6) is 0 Å². The minimum atomic E-state index is 0. The number of aromatic amines is 1. The number of nitrogens with two attached hydrogens (primary N) is 1. The minimum absolute atomic E-state index is 0.